The van der Waals surface area contributed by atoms with E-state index in [1.54, 1.807) is 0 Å². The van der Waals surface area contributed by atoms with Crippen molar-refractivity contribution in [1.82, 2.24) is 19.9 Å². The number of halogens is 2. The number of alkyl halides is 2. The zero-order chi connectivity index (χ0) is 18.0. The number of piperidine rings is 1. The number of hydrogen-bond acceptors (Lipinski definition) is 3. The summed E-state index contributed by atoms with van der Waals surface area (Å²) in [6.07, 6.45) is 5.10. The van der Waals surface area contributed by atoms with E-state index in [2.05, 4.69) is 31.1 Å². The fraction of sp³-hybridized carbons (Fsp3) is 0.833. The first-order valence-electron chi connectivity index (χ1n) is 9.26. The summed E-state index contributed by atoms with van der Waals surface area (Å²) in [5, 5.41) is 8.62. The molecule has 0 N–H and O–H groups in total. The van der Waals surface area contributed by atoms with Gasteiger partial charge < -0.3 is 4.90 Å². The van der Waals surface area contributed by atoms with Crippen LogP contribution in [0.1, 0.15) is 71.0 Å². The third-order valence-electron chi connectivity index (χ3n) is 6.05. The molecule has 25 heavy (non-hydrogen) atoms. The Hall–Kier alpha value is -1.53. The van der Waals surface area contributed by atoms with Crippen molar-refractivity contribution in [2.75, 3.05) is 0 Å². The van der Waals surface area contributed by atoms with E-state index in [9.17, 15) is 13.6 Å². The van der Waals surface area contributed by atoms with E-state index in [0.717, 1.165) is 31.4 Å². The Labute approximate surface area is 146 Å². The van der Waals surface area contributed by atoms with E-state index in [1.807, 2.05) is 15.8 Å². The zero-order valence-electron chi connectivity index (χ0n) is 15.1. The lowest BCUT2D eigenvalue weighted by Gasteiger charge is -2.43. The third-order valence-corrected chi connectivity index (χ3v) is 6.05. The molecule has 138 valence electrons. The molecule has 0 aromatic carbocycles. The van der Waals surface area contributed by atoms with Gasteiger partial charge in [-0.1, -0.05) is 26.0 Å². The van der Waals surface area contributed by atoms with Gasteiger partial charge in [-0.25, -0.2) is 13.5 Å². The maximum Gasteiger partial charge on any atom is 0.249 e. The summed E-state index contributed by atoms with van der Waals surface area (Å²) < 4.78 is 28.2. The number of fused-ring (bicyclic) bond motifs is 2. The van der Waals surface area contributed by atoms with Gasteiger partial charge in [0.25, 0.3) is 0 Å². The molecule has 1 amide bonds. The molecular weight excluding hydrogens is 326 g/mol. The van der Waals surface area contributed by atoms with Crippen molar-refractivity contribution in [2.24, 2.45) is 5.92 Å². The Kier molecular flexibility index (Phi) is 3.71. The van der Waals surface area contributed by atoms with Crippen molar-refractivity contribution in [3.8, 4) is 0 Å². The molecule has 0 spiro atoms. The molecule has 1 aliphatic carbocycles. The third kappa shape index (κ3) is 2.95. The van der Waals surface area contributed by atoms with Gasteiger partial charge in [0, 0.05) is 42.5 Å². The van der Waals surface area contributed by atoms with Crippen molar-refractivity contribution in [3.63, 3.8) is 0 Å². The Morgan fingerprint density at radius 3 is 2.24 bits per heavy atom. The molecular formula is C18H26F2N4O. The summed E-state index contributed by atoms with van der Waals surface area (Å²) in [6, 6.07) is 0.563. The molecule has 5 nitrogen and oxygen atoms in total. The quantitative estimate of drug-likeness (QED) is 0.820. The van der Waals surface area contributed by atoms with Gasteiger partial charge in [-0.15, -0.1) is 5.10 Å². The van der Waals surface area contributed by atoms with Crippen molar-refractivity contribution in [2.45, 2.75) is 88.8 Å². The van der Waals surface area contributed by atoms with Crippen molar-refractivity contribution in [3.05, 3.63) is 11.9 Å². The number of carbonyl (C=O) groups excluding carboxylic acids is 1. The zero-order valence-corrected chi connectivity index (χ0v) is 15.1. The van der Waals surface area contributed by atoms with Crippen molar-refractivity contribution >= 4 is 5.91 Å². The molecule has 2 unspecified atom stereocenters. The maximum atomic E-state index is 13.1. The predicted octanol–water partition coefficient (Wildman–Crippen LogP) is 3.32. The molecule has 0 radical (unpaired) electrons. The van der Waals surface area contributed by atoms with E-state index in [0.29, 0.717) is 0 Å². The average Bonchev–Trinajstić information content (AvgIpc) is 3.07. The number of amides is 1. The topological polar surface area (TPSA) is 51.0 Å². The van der Waals surface area contributed by atoms with Crippen LogP contribution >= 0.6 is 0 Å². The van der Waals surface area contributed by atoms with Crippen molar-refractivity contribution in [1.29, 1.82) is 0 Å². The number of aromatic nitrogens is 3. The smallest absolute Gasteiger partial charge is 0.249 e. The predicted molar refractivity (Wildman–Crippen MR) is 88.3 cm³/mol. The van der Waals surface area contributed by atoms with Crippen LogP contribution in [-0.4, -0.2) is 43.8 Å². The summed E-state index contributed by atoms with van der Waals surface area (Å²) >= 11 is 0. The van der Waals surface area contributed by atoms with E-state index in [-0.39, 0.29) is 42.3 Å². The summed E-state index contributed by atoms with van der Waals surface area (Å²) in [7, 11) is 0. The van der Waals surface area contributed by atoms with Crippen molar-refractivity contribution < 1.29 is 13.6 Å². The first-order valence-corrected chi connectivity index (χ1v) is 9.26. The summed E-state index contributed by atoms with van der Waals surface area (Å²) in [6.45, 7) is 6.34. The number of rotatable bonds is 2. The van der Waals surface area contributed by atoms with Crippen LogP contribution in [0.3, 0.4) is 0 Å². The van der Waals surface area contributed by atoms with Crippen LogP contribution in [-0.2, 0) is 10.2 Å². The van der Waals surface area contributed by atoms with Gasteiger partial charge in [0.1, 0.15) is 0 Å². The second-order valence-electron chi connectivity index (χ2n) is 9.05. The SMILES string of the molecule is CC(C)(C)c1cn(C2CC3CCC(C2)N3C(=O)C2CC(F)(F)C2)nn1. The summed E-state index contributed by atoms with van der Waals surface area (Å²) in [5.41, 5.74) is 0.929. The monoisotopic (exact) mass is 352 g/mol. The van der Waals surface area contributed by atoms with Crippen LogP contribution in [0.15, 0.2) is 6.20 Å². The molecule has 1 aromatic rings. The highest BCUT2D eigenvalue weighted by atomic mass is 19.3. The molecule has 2 saturated heterocycles. The van der Waals surface area contributed by atoms with Crippen LogP contribution in [0.5, 0.6) is 0 Å². The van der Waals surface area contributed by atoms with Crippen LogP contribution in [0.25, 0.3) is 0 Å². The van der Waals surface area contributed by atoms with Gasteiger partial charge >= 0.3 is 0 Å². The van der Waals surface area contributed by atoms with Gasteiger partial charge in [0.2, 0.25) is 11.8 Å². The molecule has 2 bridgehead atoms. The summed E-state index contributed by atoms with van der Waals surface area (Å²) in [5.74, 6) is -3.17. The first-order chi connectivity index (χ1) is 11.6. The van der Waals surface area contributed by atoms with Crippen LogP contribution in [0.2, 0.25) is 0 Å². The summed E-state index contributed by atoms with van der Waals surface area (Å²) in [4.78, 5) is 14.6. The lowest BCUT2D eigenvalue weighted by atomic mass is 9.79. The number of carbonyl (C=O) groups is 1. The minimum atomic E-state index is -2.64. The van der Waals surface area contributed by atoms with Gasteiger partial charge in [-0.2, -0.15) is 0 Å². The largest absolute Gasteiger partial charge is 0.336 e. The molecule has 2 aliphatic heterocycles. The molecule has 3 heterocycles. The highest BCUT2D eigenvalue weighted by Crippen LogP contribution is 2.47. The maximum absolute atomic E-state index is 13.1. The second kappa shape index (κ2) is 5.48. The normalized spacial score (nSPS) is 31.9. The van der Waals surface area contributed by atoms with E-state index in [4.69, 9.17) is 0 Å². The van der Waals surface area contributed by atoms with Gasteiger partial charge in [-0.3, -0.25) is 4.79 Å². The minimum Gasteiger partial charge on any atom is -0.336 e. The minimum absolute atomic E-state index is 0.0383. The molecule has 3 fully saturated rings. The standard InChI is InChI=1S/C18H26F2N4O/c1-17(2,3)15-10-23(22-21-15)14-6-12-4-5-13(7-14)24(12)16(25)11-8-18(19,20)9-11/h10-14H,4-9H2,1-3H3. The molecule has 2 atom stereocenters. The average molecular weight is 352 g/mol. The van der Waals surface area contributed by atoms with Crippen LogP contribution in [0.4, 0.5) is 8.78 Å². The lowest BCUT2D eigenvalue weighted by Crippen LogP contribution is -2.53. The van der Waals surface area contributed by atoms with E-state index >= 15 is 0 Å². The molecule has 1 saturated carbocycles. The Morgan fingerprint density at radius 1 is 1.16 bits per heavy atom. The Bertz CT molecular complexity index is 659. The first kappa shape index (κ1) is 16.9. The van der Waals surface area contributed by atoms with E-state index < -0.39 is 11.8 Å². The van der Waals surface area contributed by atoms with Crippen LogP contribution < -0.4 is 0 Å². The fourth-order valence-corrected chi connectivity index (χ4v) is 4.57. The number of hydrogen-bond donors (Lipinski definition) is 0. The van der Waals surface area contributed by atoms with Gasteiger partial charge in [0.15, 0.2) is 0 Å². The molecule has 4 rings (SSSR count). The second-order valence-corrected chi connectivity index (χ2v) is 9.05. The number of nitrogens with zero attached hydrogens (tertiary/aromatic N) is 4. The Balaban J connectivity index is 1.45. The van der Waals surface area contributed by atoms with E-state index in [1.165, 1.54) is 0 Å². The van der Waals surface area contributed by atoms with Crippen LogP contribution in [0, 0.1) is 5.92 Å². The lowest BCUT2D eigenvalue weighted by molar-refractivity contribution is -0.164. The molecule has 1 aromatic heterocycles. The molecule has 3 aliphatic rings. The van der Waals surface area contributed by atoms with Gasteiger partial charge in [-0.05, 0) is 25.7 Å². The van der Waals surface area contributed by atoms with Gasteiger partial charge in [0.05, 0.1) is 11.7 Å². The Morgan fingerprint density at radius 2 is 1.76 bits per heavy atom. The fourth-order valence-electron chi connectivity index (χ4n) is 4.57. The highest BCUT2D eigenvalue weighted by molar-refractivity contribution is 5.81. The highest BCUT2D eigenvalue weighted by Gasteiger charge is 2.53. The molecule has 7 heteroatoms.